The van der Waals surface area contributed by atoms with Gasteiger partial charge in [-0.2, -0.15) is 5.10 Å². The summed E-state index contributed by atoms with van der Waals surface area (Å²) in [7, 11) is 0. The highest BCUT2D eigenvalue weighted by Crippen LogP contribution is 2.18. The first-order valence-electron chi connectivity index (χ1n) is 7.18. The lowest BCUT2D eigenvalue weighted by molar-refractivity contribution is 0.101. The van der Waals surface area contributed by atoms with Gasteiger partial charge < -0.3 is 10.5 Å². The minimum Gasteiger partial charge on any atom is -0.399 e. The molecular formula is C15H20N4O. The lowest BCUT2D eigenvalue weighted by Crippen LogP contribution is -2.07. The average Bonchev–Trinajstić information content (AvgIpc) is 3.10. The first-order chi connectivity index (χ1) is 9.81. The van der Waals surface area contributed by atoms with Gasteiger partial charge >= 0.3 is 0 Å². The molecule has 0 bridgehead atoms. The van der Waals surface area contributed by atoms with Gasteiger partial charge in [0.05, 0.1) is 6.10 Å². The van der Waals surface area contributed by atoms with Crippen molar-refractivity contribution in [3.63, 3.8) is 0 Å². The lowest BCUT2D eigenvalue weighted by Gasteiger charge is -2.08. The molecule has 3 rings (SSSR count). The normalized spacial score (nSPS) is 18.5. The van der Waals surface area contributed by atoms with Crippen LogP contribution in [-0.2, 0) is 11.3 Å². The van der Waals surface area contributed by atoms with Crippen molar-refractivity contribution in [1.29, 1.82) is 0 Å². The van der Waals surface area contributed by atoms with E-state index < -0.39 is 0 Å². The van der Waals surface area contributed by atoms with Crippen LogP contribution in [0.25, 0.3) is 11.4 Å². The number of hydrogen-bond acceptors (Lipinski definition) is 4. The number of anilines is 1. The van der Waals surface area contributed by atoms with E-state index in [1.54, 1.807) is 6.33 Å². The van der Waals surface area contributed by atoms with Crippen LogP contribution in [0.15, 0.2) is 30.6 Å². The van der Waals surface area contributed by atoms with E-state index in [1.807, 2.05) is 28.9 Å². The Morgan fingerprint density at radius 1 is 1.40 bits per heavy atom. The number of benzene rings is 1. The van der Waals surface area contributed by atoms with Crippen LogP contribution < -0.4 is 5.73 Å². The van der Waals surface area contributed by atoms with Gasteiger partial charge in [0.2, 0.25) is 0 Å². The Morgan fingerprint density at radius 3 is 3.15 bits per heavy atom. The van der Waals surface area contributed by atoms with E-state index >= 15 is 0 Å². The number of nitrogens with zero attached hydrogens (tertiary/aromatic N) is 3. The van der Waals surface area contributed by atoms with Gasteiger partial charge in [0.25, 0.3) is 0 Å². The zero-order chi connectivity index (χ0) is 13.8. The molecule has 1 aromatic carbocycles. The van der Waals surface area contributed by atoms with Crippen LogP contribution in [0.3, 0.4) is 0 Å². The average molecular weight is 272 g/mol. The maximum absolute atomic E-state index is 5.78. The molecule has 2 heterocycles. The summed E-state index contributed by atoms with van der Waals surface area (Å²) < 4.78 is 7.52. The van der Waals surface area contributed by atoms with Crippen molar-refractivity contribution in [2.45, 2.75) is 38.3 Å². The van der Waals surface area contributed by atoms with E-state index in [4.69, 9.17) is 10.5 Å². The van der Waals surface area contributed by atoms with E-state index in [-0.39, 0.29) is 0 Å². The summed E-state index contributed by atoms with van der Waals surface area (Å²) in [5.41, 5.74) is 7.47. The van der Waals surface area contributed by atoms with E-state index in [1.165, 1.54) is 12.8 Å². The van der Waals surface area contributed by atoms with Crippen molar-refractivity contribution < 1.29 is 4.74 Å². The summed E-state index contributed by atoms with van der Waals surface area (Å²) in [6.45, 7) is 1.81. The molecule has 106 valence electrons. The third-order valence-corrected chi connectivity index (χ3v) is 3.62. The number of nitrogens with two attached hydrogens (primary N) is 1. The Morgan fingerprint density at radius 2 is 2.35 bits per heavy atom. The van der Waals surface area contributed by atoms with E-state index in [2.05, 4.69) is 10.1 Å². The minimum absolute atomic E-state index is 0.451. The predicted molar refractivity (Wildman–Crippen MR) is 78.1 cm³/mol. The standard InChI is InChI=1S/C15H20N4O/c16-13-5-1-4-12(10-13)15-17-11-19(18-15)8-2-6-14-7-3-9-20-14/h1,4-5,10-11,14H,2-3,6-9,16H2. The predicted octanol–water partition coefficient (Wildman–Crippen LogP) is 2.49. The highest BCUT2D eigenvalue weighted by molar-refractivity contribution is 5.60. The molecule has 20 heavy (non-hydrogen) atoms. The number of aromatic nitrogens is 3. The first-order valence-corrected chi connectivity index (χ1v) is 7.18. The first kappa shape index (κ1) is 13.1. The van der Waals surface area contributed by atoms with Crippen LogP contribution in [0.5, 0.6) is 0 Å². The number of hydrogen-bond donors (Lipinski definition) is 1. The molecule has 1 aliphatic rings. The summed E-state index contributed by atoms with van der Waals surface area (Å²) in [6, 6.07) is 7.65. The van der Waals surface area contributed by atoms with Crippen molar-refractivity contribution in [3.8, 4) is 11.4 Å². The molecule has 1 aromatic heterocycles. The topological polar surface area (TPSA) is 66.0 Å². The monoisotopic (exact) mass is 272 g/mol. The van der Waals surface area contributed by atoms with Gasteiger partial charge in [0, 0.05) is 24.4 Å². The molecular weight excluding hydrogens is 252 g/mol. The van der Waals surface area contributed by atoms with Crippen molar-refractivity contribution in [2.75, 3.05) is 12.3 Å². The van der Waals surface area contributed by atoms with Crippen molar-refractivity contribution in [2.24, 2.45) is 0 Å². The van der Waals surface area contributed by atoms with Crippen molar-refractivity contribution in [1.82, 2.24) is 14.8 Å². The Kier molecular flexibility index (Phi) is 3.97. The van der Waals surface area contributed by atoms with Gasteiger partial charge in [-0.05, 0) is 37.8 Å². The molecule has 5 heteroatoms. The van der Waals surface area contributed by atoms with Crippen molar-refractivity contribution in [3.05, 3.63) is 30.6 Å². The molecule has 2 N–H and O–H groups in total. The fourth-order valence-electron chi connectivity index (χ4n) is 2.57. The zero-order valence-electron chi connectivity index (χ0n) is 11.5. The molecule has 0 spiro atoms. The Balaban J connectivity index is 1.56. The Labute approximate surface area is 118 Å². The third kappa shape index (κ3) is 3.17. The molecule has 5 nitrogen and oxygen atoms in total. The molecule has 2 aromatic rings. The van der Waals surface area contributed by atoms with Crippen LogP contribution in [0, 0.1) is 0 Å². The van der Waals surface area contributed by atoms with E-state index in [0.29, 0.717) is 6.10 Å². The number of nitrogen functional groups attached to an aromatic ring is 1. The molecule has 0 saturated carbocycles. The largest absolute Gasteiger partial charge is 0.399 e. The maximum Gasteiger partial charge on any atom is 0.181 e. The summed E-state index contributed by atoms with van der Waals surface area (Å²) in [5, 5.41) is 4.49. The lowest BCUT2D eigenvalue weighted by atomic mass is 10.1. The molecule has 0 aliphatic carbocycles. The van der Waals surface area contributed by atoms with E-state index in [9.17, 15) is 0 Å². The van der Waals surface area contributed by atoms with Gasteiger partial charge in [-0.3, -0.25) is 4.68 Å². The van der Waals surface area contributed by atoms with E-state index in [0.717, 1.165) is 43.1 Å². The van der Waals surface area contributed by atoms with Crippen LogP contribution in [0.1, 0.15) is 25.7 Å². The Bertz CT molecular complexity index is 561. The van der Waals surface area contributed by atoms with Gasteiger partial charge in [-0.1, -0.05) is 12.1 Å². The smallest absolute Gasteiger partial charge is 0.181 e. The van der Waals surface area contributed by atoms with Crippen molar-refractivity contribution >= 4 is 5.69 Å². The SMILES string of the molecule is Nc1cccc(-c2ncn(CCCC3CCCO3)n2)c1. The fraction of sp³-hybridized carbons (Fsp3) is 0.467. The number of aryl methyl sites for hydroxylation is 1. The maximum atomic E-state index is 5.78. The summed E-state index contributed by atoms with van der Waals surface area (Å²) in [6.07, 6.45) is 6.82. The molecule has 1 aliphatic heterocycles. The molecule has 1 saturated heterocycles. The molecule has 1 atom stereocenters. The van der Waals surface area contributed by atoms with Gasteiger partial charge in [-0.25, -0.2) is 4.98 Å². The number of ether oxygens (including phenoxy) is 1. The van der Waals surface area contributed by atoms with Gasteiger partial charge in [-0.15, -0.1) is 0 Å². The highest BCUT2D eigenvalue weighted by Gasteiger charge is 2.14. The zero-order valence-corrected chi connectivity index (χ0v) is 11.5. The summed E-state index contributed by atoms with van der Waals surface area (Å²) in [4.78, 5) is 4.34. The molecule has 0 radical (unpaired) electrons. The quantitative estimate of drug-likeness (QED) is 0.849. The number of rotatable bonds is 5. The fourth-order valence-corrected chi connectivity index (χ4v) is 2.57. The second-order valence-electron chi connectivity index (χ2n) is 5.23. The second-order valence-corrected chi connectivity index (χ2v) is 5.23. The van der Waals surface area contributed by atoms with Crippen LogP contribution in [-0.4, -0.2) is 27.5 Å². The Hall–Kier alpha value is -1.88. The third-order valence-electron chi connectivity index (χ3n) is 3.62. The van der Waals surface area contributed by atoms with Crippen LogP contribution in [0.4, 0.5) is 5.69 Å². The second kappa shape index (κ2) is 6.05. The molecule has 0 amide bonds. The minimum atomic E-state index is 0.451. The van der Waals surface area contributed by atoms with Crippen LogP contribution in [0.2, 0.25) is 0 Å². The highest BCUT2D eigenvalue weighted by atomic mass is 16.5. The summed E-state index contributed by atoms with van der Waals surface area (Å²) in [5.74, 6) is 0.731. The van der Waals surface area contributed by atoms with Crippen LogP contribution >= 0.6 is 0 Å². The molecule has 1 fully saturated rings. The summed E-state index contributed by atoms with van der Waals surface area (Å²) >= 11 is 0. The van der Waals surface area contributed by atoms with Gasteiger partial charge in [0.15, 0.2) is 5.82 Å². The van der Waals surface area contributed by atoms with Gasteiger partial charge in [0.1, 0.15) is 6.33 Å². The molecule has 1 unspecified atom stereocenters.